The molecule has 0 aliphatic carbocycles. The maximum absolute atomic E-state index is 13.6. The summed E-state index contributed by atoms with van der Waals surface area (Å²) in [5.41, 5.74) is -2.33. The van der Waals surface area contributed by atoms with Gasteiger partial charge >= 0.3 is 6.18 Å². The van der Waals surface area contributed by atoms with Gasteiger partial charge in [0.1, 0.15) is 11.2 Å². The van der Waals surface area contributed by atoms with Gasteiger partial charge in [-0.15, -0.1) is 0 Å². The number of hydrogen-bond acceptors (Lipinski definition) is 2. The van der Waals surface area contributed by atoms with Crippen molar-refractivity contribution in [1.29, 1.82) is 0 Å². The van der Waals surface area contributed by atoms with Gasteiger partial charge in [-0.05, 0) is 38.1 Å². The van der Waals surface area contributed by atoms with Crippen LogP contribution in [-0.2, 0) is 22.3 Å². The highest BCUT2D eigenvalue weighted by Gasteiger charge is 2.36. The van der Waals surface area contributed by atoms with E-state index < -0.39 is 34.8 Å². The maximum Gasteiger partial charge on any atom is 0.416 e. The minimum Gasteiger partial charge on any atom is -0.351 e. The average molecular weight is 382 g/mol. The predicted octanol–water partition coefficient (Wildman–Crippen LogP) is 4.13. The van der Waals surface area contributed by atoms with Crippen molar-refractivity contribution in [2.24, 2.45) is 5.41 Å². The molecule has 0 bridgehead atoms. The molecule has 2 amide bonds. The van der Waals surface area contributed by atoms with Gasteiger partial charge in [0.05, 0.1) is 5.56 Å². The normalized spacial score (nSPS) is 11.8. The van der Waals surface area contributed by atoms with Crippen molar-refractivity contribution in [2.45, 2.75) is 26.6 Å². The Balaban J connectivity index is 2.06. The molecular weight excluding hydrogens is 364 g/mol. The average Bonchev–Trinajstić information content (AvgIpc) is 2.60. The Kier molecular flexibility index (Phi) is 5.88. The van der Waals surface area contributed by atoms with Gasteiger partial charge < -0.3 is 10.6 Å². The minimum atomic E-state index is -4.55. The van der Waals surface area contributed by atoms with Crippen LogP contribution in [0.2, 0.25) is 0 Å². The van der Waals surface area contributed by atoms with E-state index in [9.17, 15) is 27.2 Å². The Labute approximate surface area is 153 Å². The van der Waals surface area contributed by atoms with E-state index in [4.69, 9.17) is 0 Å². The lowest BCUT2D eigenvalue weighted by molar-refractivity contribution is -0.139. The molecule has 0 spiro atoms. The van der Waals surface area contributed by atoms with Crippen molar-refractivity contribution in [2.75, 3.05) is 5.32 Å². The first-order chi connectivity index (χ1) is 12.5. The van der Waals surface area contributed by atoms with Crippen LogP contribution in [0.15, 0.2) is 48.5 Å². The number of amides is 2. The van der Waals surface area contributed by atoms with Crippen molar-refractivity contribution in [3.05, 3.63) is 65.5 Å². The summed E-state index contributed by atoms with van der Waals surface area (Å²) in [6.45, 7) is 2.53. The molecule has 0 aromatic heterocycles. The van der Waals surface area contributed by atoms with Gasteiger partial charge in [0.2, 0.25) is 11.8 Å². The molecule has 2 aromatic rings. The fourth-order valence-corrected chi connectivity index (χ4v) is 2.20. The zero-order chi connectivity index (χ0) is 20.2. The van der Waals surface area contributed by atoms with Crippen LogP contribution in [-0.4, -0.2) is 11.8 Å². The quantitative estimate of drug-likeness (QED) is 0.604. The molecule has 2 N–H and O–H groups in total. The number of alkyl halides is 3. The third kappa shape index (κ3) is 5.06. The number of carbonyl (C=O) groups excluding carboxylic acids is 2. The van der Waals surface area contributed by atoms with E-state index in [1.54, 1.807) is 6.07 Å². The highest BCUT2D eigenvalue weighted by molar-refractivity contribution is 6.09. The number of nitrogens with one attached hydrogen (secondary N) is 2. The number of benzene rings is 2. The van der Waals surface area contributed by atoms with Crippen molar-refractivity contribution in [3.8, 4) is 0 Å². The molecule has 8 heteroatoms. The second-order valence-corrected chi connectivity index (χ2v) is 6.43. The van der Waals surface area contributed by atoms with Crippen LogP contribution in [0, 0.1) is 11.2 Å². The summed E-state index contributed by atoms with van der Waals surface area (Å²) >= 11 is 0. The van der Waals surface area contributed by atoms with Gasteiger partial charge in [-0.1, -0.05) is 24.3 Å². The second-order valence-electron chi connectivity index (χ2n) is 6.43. The molecule has 2 aromatic carbocycles. The third-order valence-corrected chi connectivity index (χ3v) is 3.98. The summed E-state index contributed by atoms with van der Waals surface area (Å²) in [5.74, 6) is -1.97. The van der Waals surface area contributed by atoms with Crippen LogP contribution in [0.4, 0.5) is 23.2 Å². The number of halogens is 4. The number of carbonyl (C=O) groups is 2. The lowest BCUT2D eigenvalue weighted by Crippen LogP contribution is -2.45. The van der Waals surface area contributed by atoms with Crippen molar-refractivity contribution in [3.63, 3.8) is 0 Å². The maximum atomic E-state index is 13.6. The molecule has 0 saturated heterocycles. The minimum absolute atomic E-state index is 0.0789. The standard InChI is InChI=1S/C19H18F4N2O2/c1-18(2,16(26)24-11-12-6-3-4-9-15(12)20)17(27)25-14-8-5-7-13(10-14)19(21,22)23/h3-10H,11H2,1-2H3,(H,24,26)(H,25,27). The molecule has 0 unspecified atom stereocenters. The molecule has 0 fully saturated rings. The third-order valence-electron chi connectivity index (χ3n) is 3.98. The van der Waals surface area contributed by atoms with E-state index in [1.165, 1.54) is 38.1 Å². The van der Waals surface area contributed by atoms with E-state index in [-0.39, 0.29) is 17.8 Å². The first-order valence-corrected chi connectivity index (χ1v) is 8.02. The van der Waals surface area contributed by atoms with Crippen LogP contribution >= 0.6 is 0 Å². The molecule has 0 aliphatic heterocycles. The largest absolute Gasteiger partial charge is 0.416 e. The van der Waals surface area contributed by atoms with Crippen molar-refractivity contribution >= 4 is 17.5 Å². The number of rotatable bonds is 5. The molecular formula is C19H18F4N2O2. The monoisotopic (exact) mass is 382 g/mol. The van der Waals surface area contributed by atoms with Gasteiger partial charge in [-0.2, -0.15) is 13.2 Å². The van der Waals surface area contributed by atoms with Crippen LogP contribution < -0.4 is 10.6 Å². The highest BCUT2D eigenvalue weighted by Crippen LogP contribution is 2.31. The Morgan fingerprint density at radius 3 is 2.26 bits per heavy atom. The first-order valence-electron chi connectivity index (χ1n) is 8.02. The van der Waals surface area contributed by atoms with E-state index >= 15 is 0 Å². The Morgan fingerprint density at radius 2 is 1.63 bits per heavy atom. The zero-order valence-corrected chi connectivity index (χ0v) is 14.7. The van der Waals surface area contributed by atoms with Crippen LogP contribution in [0.25, 0.3) is 0 Å². The second kappa shape index (κ2) is 7.77. The Bertz CT molecular complexity index is 848. The zero-order valence-electron chi connectivity index (χ0n) is 14.7. The summed E-state index contributed by atoms with van der Waals surface area (Å²) in [4.78, 5) is 24.7. The summed E-state index contributed by atoms with van der Waals surface area (Å²) in [5, 5.41) is 4.77. The molecule has 0 atom stereocenters. The lowest BCUT2D eigenvalue weighted by Gasteiger charge is -2.23. The van der Waals surface area contributed by atoms with Crippen LogP contribution in [0.1, 0.15) is 25.0 Å². The van der Waals surface area contributed by atoms with Gasteiger partial charge in [-0.3, -0.25) is 9.59 Å². The van der Waals surface area contributed by atoms with Crippen molar-refractivity contribution < 1.29 is 27.2 Å². The molecule has 4 nitrogen and oxygen atoms in total. The van der Waals surface area contributed by atoms with E-state index in [0.29, 0.717) is 0 Å². The van der Waals surface area contributed by atoms with Gasteiger partial charge in [0.25, 0.3) is 0 Å². The summed E-state index contributed by atoms with van der Waals surface area (Å²) < 4.78 is 51.9. The van der Waals surface area contributed by atoms with E-state index in [0.717, 1.165) is 18.2 Å². The highest BCUT2D eigenvalue weighted by atomic mass is 19.4. The number of hydrogen-bond donors (Lipinski definition) is 2. The van der Waals surface area contributed by atoms with Gasteiger partial charge in [0, 0.05) is 17.8 Å². The van der Waals surface area contributed by atoms with Gasteiger partial charge in [-0.25, -0.2) is 4.39 Å². The molecule has 0 heterocycles. The molecule has 0 aliphatic rings. The molecule has 0 radical (unpaired) electrons. The summed E-state index contributed by atoms with van der Waals surface area (Å²) in [6.07, 6.45) is -4.55. The molecule has 144 valence electrons. The first kappa shape index (κ1) is 20.4. The Hall–Kier alpha value is -2.90. The van der Waals surface area contributed by atoms with E-state index in [2.05, 4.69) is 10.6 Å². The van der Waals surface area contributed by atoms with Crippen LogP contribution in [0.3, 0.4) is 0 Å². The lowest BCUT2D eigenvalue weighted by atomic mass is 9.90. The Morgan fingerprint density at radius 1 is 0.963 bits per heavy atom. The SMILES string of the molecule is CC(C)(C(=O)NCc1ccccc1F)C(=O)Nc1cccc(C(F)(F)F)c1. The summed E-state index contributed by atoms with van der Waals surface area (Å²) in [7, 11) is 0. The fourth-order valence-electron chi connectivity index (χ4n) is 2.20. The molecule has 27 heavy (non-hydrogen) atoms. The molecule has 0 saturated carbocycles. The number of anilines is 1. The predicted molar refractivity (Wildman–Crippen MR) is 92.1 cm³/mol. The van der Waals surface area contributed by atoms with Gasteiger partial charge in [0.15, 0.2) is 0 Å². The molecule has 2 rings (SSSR count). The van der Waals surface area contributed by atoms with Crippen LogP contribution in [0.5, 0.6) is 0 Å². The fraction of sp³-hybridized carbons (Fsp3) is 0.263. The summed E-state index contributed by atoms with van der Waals surface area (Å²) in [6, 6.07) is 9.96. The van der Waals surface area contributed by atoms with E-state index in [1.807, 2.05) is 0 Å². The smallest absolute Gasteiger partial charge is 0.351 e. The topological polar surface area (TPSA) is 58.2 Å². The van der Waals surface area contributed by atoms with Crippen molar-refractivity contribution in [1.82, 2.24) is 5.32 Å².